The van der Waals surface area contributed by atoms with E-state index < -0.39 is 11.6 Å². The predicted molar refractivity (Wildman–Crippen MR) is 70.4 cm³/mol. The summed E-state index contributed by atoms with van der Waals surface area (Å²) in [6.45, 7) is 4.44. The first-order chi connectivity index (χ1) is 8.40. The second-order valence-corrected chi connectivity index (χ2v) is 5.01. The number of rotatable bonds is 5. The Bertz CT molecular complexity index is 415. The van der Waals surface area contributed by atoms with E-state index in [0.29, 0.717) is 6.54 Å². The molecule has 3 nitrogen and oxygen atoms in total. The van der Waals surface area contributed by atoms with Crippen LogP contribution >= 0.6 is 15.9 Å². The molecular formula is C12H15BrF2N2O. The van der Waals surface area contributed by atoms with E-state index in [1.807, 2.05) is 13.8 Å². The van der Waals surface area contributed by atoms with E-state index in [1.165, 1.54) is 0 Å². The van der Waals surface area contributed by atoms with E-state index in [0.717, 1.165) is 12.1 Å². The highest BCUT2D eigenvalue weighted by molar-refractivity contribution is 9.10. The third-order valence-electron chi connectivity index (χ3n) is 2.18. The number of halogens is 3. The van der Waals surface area contributed by atoms with Crippen molar-refractivity contribution in [2.24, 2.45) is 0 Å². The van der Waals surface area contributed by atoms with E-state index in [2.05, 4.69) is 26.6 Å². The fourth-order valence-electron chi connectivity index (χ4n) is 1.34. The molecule has 1 aromatic rings. The maximum atomic E-state index is 13.4. The molecule has 0 aliphatic rings. The van der Waals surface area contributed by atoms with Crippen LogP contribution in [-0.4, -0.2) is 18.5 Å². The molecule has 0 saturated heterocycles. The molecule has 0 unspecified atom stereocenters. The Morgan fingerprint density at radius 3 is 2.61 bits per heavy atom. The molecule has 18 heavy (non-hydrogen) atoms. The molecule has 0 aromatic heterocycles. The van der Waals surface area contributed by atoms with Crippen LogP contribution in [0.4, 0.5) is 14.5 Å². The van der Waals surface area contributed by atoms with Crippen molar-refractivity contribution < 1.29 is 13.6 Å². The summed E-state index contributed by atoms with van der Waals surface area (Å²) >= 11 is 3.01. The van der Waals surface area contributed by atoms with Gasteiger partial charge in [-0.15, -0.1) is 0 Å². The summed E-state index contributed by atoms with van der Waals surface area (Å²) in [5, 5.41) is 5.49. The van der Waals surface area contributed by atoms with Gasteiger partial charge in [-0.1, -0.05) is 13.8 Å². The minimum Gasteiger partial charge on any atom is -0.323 e. The molecule has 0 fully saturated rings. The van der Waals surface area contributed by atoms with Crippen LogP contribution in [0.15, 0.2) is 16.6 Å². The standard InChI is InChI=1S/C12H15BrF2N2O/c1-7(2)16-4-3-11(18)17-12-9(13)5-8(14)6-10(12)15/h5-7,16H,3-4H2,1-2H3,(H,17,18). The Kier molecular flexibility index (Phi) is 5.68. The van der Waals surface area contributed by atoms with E-state index in [9.17, 15) is 13.6 Å². The highest BCUT2D eigenvalue weighted by atomic mass is 79.9. The SMILES string of the molecule is CC(C)NCCC(=O)Nc1c(F)cc(F)cc1Br. The maximum absolute atomic E-state index is 13.4. The molecule has 0 heterocycles. The summed E-state index contributed by atoms with van der Waals surface area (Å²) in [5.74, 6) is -1.82. The second kappa shape index (κ2) is 6.80. The van der Waals surface area contributed by atoms with Crippen molar-refractivity contribution in [1.82, 2.24) is 5.32 Å². The molecule has 2 N–H and O–H groups in total. The van der Waals surface area contributed by atoms with Gasteiger partial charge in [0.05, 0.1) is 5.69 Å². The monoisotopic (exact) mass is 320 g/mol. The smallest absolute Gasteiger partial charge is 0.225 e. The van der Waals surface area contributed by atoms with E-state index in [4.69, 9.17) is 0 Å². The third-order valence-corrected chi connectivity index (χ3v) is 2.80. The van der Waals surface area contributed by atoms with Crippen molar-refractivity contribution in [1.29, 1.82) is 0 Å². The average molecular weight is 321 g/mol. The number of hydrogen-bond donors (Lipinski definition) is 2. The quantitative estimate of drug-likeness (QED) is 0.875. The van der Waals surface area contributed by atoms with Crippen LogP contribution in [0.5, 0.6) is 0 Å². The molecule has 100 valence electrons. The van der Waals surface area contributed by atoms with Crippen LogP contribution in [0.25, 0.3) is 0 Å². The van der Waals surface area contributed by atoms with Gasteiger partial charge in [0.1, 0.15) is 5.82 Å². The Morgan fingerprint density at radius 1 is 1.39 bits per heavy atom. The van der Waals surface area contributed by atoms with Gasteiger partial charge >= 0.3 is 0 Å². The lowest BCUT2D eigenvalue weighted by atomic mass is 10.2. The summed E-state index contributed by atoms with van der Waals surface area (Å²) in [6.07, 6.45) is 0.224. The first-order valence-corrected chi connectivity index (χ1v) is 6.37. The van der Waals surface area contributed by atoms with Crippen molar-refractivity contribution in [3.05, 3.63) is 28.2 Å². The number of hydrogen-bond acceptors (Lipinski definition) is 2. The zero-order chi connectivity index (χ0) is 13.7. The highest BCUT2D eigenvalue weighted by Crippen LogP contribution is 2.26. The zero-order valence-corrected chi connectivity index (χ0v) is 11.8. The molecule has 1 aromatic carbocycles. The lowest BCUT2D eigenvalue weighted by molar-refractivity contribution is -0.116. The Labute approximate surface area is 113 Å². The van der Waals surface area contributed by atoms with Crippen molar-refractivity contribution >= 4 is 27.5 Å². The predicted octanol–water partition coefficient (Wildman–Crippen LogP) is 3.05. The van der Waals surface area contributed by atoms with Crippen molar-refractivity contribution in [3.8, 4) is 0 Å². The Balaban J connectivity index is 2.59. The lowest BCUT2D eigenvalue weighted by Crippen LogP contribution is -2.27. The summed E-state index contributed by atoms with van der Waals surface area (Å²) in [5.41, 5.74) is -0.0362. The van der Waals surface area contributed by atoms with E-state index in [1.54, 1.807) is 0 Å². The first-order valence-electron chi connectivity index (χ1n) is 5.58. The number of nitrogens with one attached hydrogen (secondary N) is 2. The van der Waals surface area contributed by atoms with Crippen LogP contribution in [0, 0.1) is 11.6 Å². The highest BCUT2D eigenvalue weighted by Gasteiger charge is 2.12. The topological polar surface area (TPSA) is 41.1 Å². The van der Waals surface area contributed by atoms with Gasteiger partial charge < -0.3 is 10.6 Å². The number of carbonyl (C=O) groups is 1. The molecule has 1 rings (SSSR count). The number of amides is 1. The summed E-state index contributed by atoms with van der Waals surface area (Å²) in [4.78, 5) is 11.6. The Morgan fingerprint density at radius 2 is 2.06 bits per heavy atom. The van der Waals surface area contributed by atoms with Crippen LogP contribution < -0.4 is 10.6 Å². The van der Waals surface area contributed by atoms with Crippen molar-refractivity contribution in [3.63, 3.8) is 0 Å². The zero-order valence-electron chi connectivity index (χ0n) is 10.2. The molecule has 0 spiro atoms. The molecule has 0 atom stereocenters. The van der Waals surface area contributed by atoms with Crippen LogP contribution in [0.2, 0.25) is 0 Å². The second-order valence-electron chi connectivity index (χ2n) is 4.15. The van der Waals surface area contributed by atoms with Crippen molar-refractivity contribution in [2.45, 2.75) is 26.3 Å². The average Bonchev–Trinajstić information content (AvgIpc) is 2.22. The molecule has 6 heteroatoms. The number of anilines is 1. The maximum Gasteiger partial charge on any atom is 0.225 e. The van der Waals surface area contributed by atoms with Gasteiger partial charge in [-0.3, -0.25) is 4.79 Å². The lowest BCUT2D eigenvalue weighted by Gasteiger charge is -2.10. The molecule has 0 aliphatic carbocycles. The molecule has 0 radical (unpaired) electrons. The van der Waals surface area contributed by atoms with Crippen molar-refractivity contribution in [2.75, 3.05) is 11.9 Å². The van der Waals surface area contributed by atoms with Gasteiger partial charge in [0.25, 0.3) is 0 Å². The molecule has 0 saturated carbocycles. The fraction of sp³-hybridized carbons (Fsp3) is 0.417. The molecule has 0 aliphatic heterocycles. The number of benzene rings is 1. The summed E-state index contributed by atoms with van der Waals surface area (Å²) in [7, 11) is 0. The van der Waals surface area contributed by atoms with Gasteiger partial charge in [-0.05, 0) is 22.0 Å². The van der Waals surface area contributed by atoms with E-state index in [-0.39, 0.29) is 28.5 Å². The third kappa shape index (κ3) is 4.70. The molecule has 0 bridgehead atoms. The first kappa shape index (κ1) is 15.0. The fourth-order valence-corrected chi connectivity index (χ4v) is 1.85. The van der Waals surface area contributed by atoms with Crippen LogP contribution in [-0.2, 0) is 4.79 Å². The van der Waals surface area contributed by atoms with Gasteiger partial charge in [-0.2, -0.15) is 0 Å². The van der Waals surface area contributed by atoms with E-state index >= 15 is 0 Å². The van der Waals surface area contributed by atoms with Crippen LogP contribution in [0.1, 0.15) is 20.3 Å². The largest absolute Gasteiger partial charge is 0.323 e. The van der Waals surface area contributed by atoms with Gasteiger partial charge in [0.2, 0.25) is 5.91 Å². The number of carbonyl (C=O) groups excluding carboxylic acids is 1. The normalized spacial score (nSPS) is 10.8. The molecule has 1 amide bonds. The van der Waals surface area contributed by atoms with Gasteiger partial charge in [0.15, 0.2) is 5.82 Å². The minimum atomic E-state index is -0.799. The molecular weight excluding hydrogens is 306 g/mol. The Hall–Kier alpha value is -1.01. The summed E-state index contributed by atoms with van der Waals surface area (Å²) in [6, 6.07) is 2.12. The van der Waals surface area contributed by atoms with Crippen LogP contribution in [0.3, 0.4) is 0 Å². The van der Waals surface area contributed by atoms with Gasteiger partial charge in [-0.25, -0.2) is 8.78 Å². The summed E-state index contributed by atoms with van der Waals surface area (Å²) < 4.78 is 26.5. The minimum absolute atomic E-state index is 0.0362. The van der Waals surface area contributed by atoms with Gasteiger partial charge in [0, 0.05) is 29.5 Å².